The number of hydrogen-bond acceptors (Lipinski definition) is 3. The molecule has 6 nitrogen and oxygen atoms in total. The average molecular weight is 282 g/mol. The summed E-state index contributed by atoms with van der Waals surface area (Å²) >= 11 is 0. The van der Waals surface area contributed by atoms with E-state index in [-0.39, 0.29) is 24.0 Å². The Labute approximate surface area is 120 Å². The van der Waals surface area contributed by atoms with Crippen molar-refractivity contribution in [2.24, 2.45) is 0 Å². The van der Waals surface area contributed by atoms with Crippen LogP contribution in [0.25, 0.3) is 0 Å². The number of carbonyl (C=O) groups is 2. The standard InChI is InChI=1S/C14H26N4O2/c1-3-15-10(2)9-16-14(20)17-12-8-11-6-4-5-7-18(11)13(12)19/h10-12,15H,3-9H2,1-2H3,(H2,16,17,20)/t10-,11?,12?/m1/s1. The van der Waals surface area contributed by atoms with E-state index in [1.54, 1.807) is 0 Å². The highest BCUT2D eigenvalue weighted by molar-refractivity contribution is 5.89. The van der Waals surface area contributed by atoms with Crippen molar-refractivity contribution in [3.63, 3.8) is 0 Å². The van der Waals surface area contributed by atoms with Gasteiger partial charge < -0.3 is 20.9 Å². The Morgan fingerprint density at radius 3 is 2.95 bits per heavy atom. The largest absolute Gasteiger partial charge is 0.338 e. The molecule has 2 unspecified atom stereocenters. The molecule has 2 rings (SSSR count). The molecule has 3 amide bonds. The highest BCUT2D eigenvalue weighted by Crippen LogP contribution is 2.27. The summed E-state index contributed by atoms with van der Waals surface area (Å²) in [7, 11) is 0. The summed E-state index contributed by atoms with van der Waals surface area (Å²) in [6.07, 6.45) is 4.10. The lowest BCUT2D eigenvalue weighted by atomic mass is 10.0. The summed E-state index contributed by atoms with van der Waals surface area (Å²) in [6.45, 7) is 6.34. The molecule has 3 atom stereocenters. The molecule has 0 aromatic heterocycles. The van der Waals surface area contributed by atoms with Crippen LogP contribution in [0.5, 0.6) is 0 Å². The van der Waals surface area contributed by atoms with Gasteiger partial charge in [0.05, 0.1) is 0 Å². The van der Waals surface area contributed by atoms with Gasteiger partial charge in [0.15, 0.2) is 0 Å². The van der Waals surface area contributed by atoms with E-state index in [0.717, 1.165) is 32.4 Å². The lowest BCUT2D eigenvalue weighted by Gasteiger charge is -2.28. The second-order valence-electron chi connectivity index (χ2n) is 5.78. The van der Waals surface area contributed by atoms with Crippen molar-refractivity contribution >= 4 is 11.9 Å². The zero-order chi connectivity index (χ0) is 14.5. The van der Waals surface area contributed by atoms with Crippen LogP contribution in [-0.2, 0) is 4.79 Å². The van der Waals surface area contributed by atoms with Gasteiger partial charge in [-0.25, -0.2) is 4.79 Å². The van der Waals surface area contributed by atoms with E-state index in [9.17, 15) is 9.59 Å². The smallest absolute Gasteiger partial charge is 0.315 e. The zero-order valence-electron chi connectivity index (χ0n) is 12.4. The number of fused-ring (bicyclic) bond motifs is 1. The molecule has 2 heterocycles. The van der Waals surface area contributed by atoms with Gasteiger partial charge in [-0.15, -0.1) is 0 Å². The third-order valence-electron chi connectivity index (χ3n) is 4.14. The van der Waals surface area contributed by atoms with Crippen LogP contribution in [0.3, 0.4) is 0 Å². The third-order valence-corrected chi connectivity index (χ3v) is 4.14. The van der Waals surface area contributed by atoms with E-state index in [1.807, 2.05) is 18.7 Å². The van der Waals surface area contributed by atoms with Gasteiger partial charge in [-0.2, -0.15) is 0 Å². The predicted molar refractivity (Wildman–Crippen MR) is 77.4 cm³/mol. The van der Waals surface area contributed by atoms with E-state index in [4.69, 9.17) is 0 Å². The van der Waals surface area contributed by atoms with Crippen LogP contribution in [0.1, 0.15) is 39.5 Å². The molecular weight excluding hydrogens is 256 g/mol. The second-order valence-corrected chi connectivity index (χ2v) is 5.78. The van der Waals surface area contributed by atoms with Crippen LogP contribution < -0.4 is 16.0 Å². The van der Waals surface area contributed by atoms with Gasteiger partial charge in [-0.3, -0.25) is 4.79 Å². The highest BCUT2D eigenvalue weighted by atomic mass is 16.2. The number of likely N-dealkylation sites (N-methyl/N-ethyl adjacent to an activating group) is 1. The second kappa shape index (κ2) is 6.92. The molecule has 2 saturated heterocycles. The first-order chi connectivity index (χ1) is 9.61. The number of hydrogen-bond donors (Lipinski definition) is 3. The van der Waals surface area contributed by atoms with E-state index in [0.29, 0.717) is 12.6 Å². The first-order valence-electron chi connectivity index (χ1n) is 7.70. The van der Waals surface area contributed by atoms with E-state index in [1.165, 1.54) is 6.42 Å². The van der Waals surface area contributed by atoms with Gasteiger partial charge in [0.25, 0.3) is 0 Å². The van der Waals surface area contributed by atoms with Crippen molar-refractivity contribution in [2.45, 2.75) is 57.7 Å². The number of piperidine rings is 1. The van der Waals surface area contributed by atoms with Crippen LogP contribution >= 0.6 is 0 Å². The summed E-state index contributed by atoms with van der Waals surface area (Å²) < 4.78 is 0. The fourth-order valence-corrected chi connectivity index (χ4v) is 3.11. The van der Waals surface area contributed by atoms with Crippen LogP contribution in [0, 0.1) is 0 Å². The molecule has 2 fully saturated rings. The van der Waals surface area contributed by atoms with Gasteiger partial charge in [-0.1, -0.05) is 6.92 Å². The summed E-state index contributed by atoms with van der Waals surface area (Å²) in [5.41, 5.74) is 0. The Morgan fingerprint density at radius 2 is 2.25 bits per heavy atom. The Bertz CT molecular complexity index is 361. The lowest BCUT2D eigenvalue weighted by Crippen LogP contribution is -2.49. The van der Waals surface area contributed by atoms with Gasteiger partial charge in [-0.05, 0) is 39.2 Å². The molecule has 0 aromatic carbocycles. The molecule has 0 aromatic rings. The summed E-state index contributed by atoms with van der Waals surface area (Å²) in [5.74, 6) is 0.0876. The van der Waals surface area contributed by atoms with Crippen molar-refractivity contribution in [3.8, 4) is 0 Å². The molecule has 6 heteroatoms. The van der Waals surface area contributed by atoms with Gasteiger partial charge >= 0.3 is 6.03 Å². The minimum atomic E-state index is -0.340. The van der Waals surface area contributed by atoms with Crippen LogP contribution in [0.15, 0.2) is 0 Å². The lowest BCUT2D eigenvalue weighted by molar-refractivity contribution is -0.131. The Morgan fingerprint density at radius 1 is 1.45 bits per heavy atom. The van der Waals surface area contributed by atoms with Crippen molar-refractivity contribution in [2.75, 3.05) is 19.6 Å². The number of rotatable bonds is 5. The van der Waals surface area contributed by atoms with Crippen molar-refractivity contribution in [3.05, 3.63) is 0 Å². The fourth-order valence-electron chi connectivity index (χ4n) is 3.11. The first-order valence-corrected chi connectivity index (χ1v) is 7.70. The first kappa shape index (κ1) is 15.1. The highest BCUT2D eigenvalue weighted by Gasteiger charge is 2.40. The topological polar surface area (TPSA) is 73.5 Å². The van der Waals surface area contributed by atoms with Gasteiger partial charge in [0.2, 0.25) is 5.91 Å². The zero-order valence-corrected chi connectivity index (χ0v) is 12.4. The van der Waals surface area contributed by atoms with Crippen molar-refractivity contribution in [1.29, 1.82) is 0 Å². The van der Waals surface area contributed by atoms with E-state index < -0.39 is 0 Å². The number of urea groups is 1. The number of carbonyl (C=O) groups excluding carboxylic acids is 2. The van der Waals surface area contributed by atoms with Crippen LogP contribution in [-0.4, -0.2) is 54.6 Å². The fraction of sp³-hybridized carbons (Fsp3) is 0.857. The minimum Gasteiger partial charge on any atom is -0.338 e. The predicted octanol–water partition coefficient (Wildman–Crippen LogP) is 0.437. The summed E-state index contributed by atoms with van der Waals surface area (Å²) in [4.78, 5) is 26.0. The van der Waals surface area contributed by atoms with E-state index >= 15 is 0 Å². The number of amides is 3. The molecular formula is C14H26N4O2. The molecule has 0 spiro atoms. The molecule has 0 saturated carbocycles. The SMILES string of the molecule is CCN[C@H](C)CNC(=O)NC1CC2CCCCN2C1=O. The quantitative estimate of drug-likeness (QED) is 0.685. The summed E-state index contributed by atoms with van der Waals surface area (Å²) in [6, 6.07) is -0.0147. The number of nitrogens with zero attached hydrogens (tertiary/aromatic N) is 1. The Hall–Kier alpha value is -1.30. The molecule has 0 aliphatic carbocycles. The molecule has 3 N–H and O–H groups in total. The Kier molecular flexibility index (Phi) is 5.23. The maximum Gasteiger partial charge on any atom is 0.315 e. The molecule has 2 aliphatic heterocycles. The van der Waals surface area contributed by atoms with Gasteiger partial charge in [0.1, 0.15) is 6.04 Å². The molecule has 0 bridgehead atoms. The van der Waals surface area contributed by atoms with Crippen LogP contribution in [0.2, 0.25) is 0 Å². The van der Waals surface area contributed by atoms with Crippen molar-refractivity contribution < 1.29 is 9.59 Å². The molecule has 114 valence electrons. The average Bonchev–Trinajstić information content (AvgIpc) is 2.74. The normalized spacial score (nSPS) is 27.1. The molecule has 2 aliphatic rings. The molecule has 20 heavy (non-hydrogen) atoms. The van der Waals surface area contributed by atoms with Crippen molar-refractivity contribution in [1.82, 2.24) is 20.9 Å². The van der Waals surface area contributed by atoms with E-state index in [2.05, 4.69) is 16.0 Å². The summed E-state index contributed by atoms with van der Waals surface area (Å²) in [5, 5.41) is 8.85. The maximum absolute atomic E-state index is 12.2. The number of nitrogens with one attached hydrogen (secondary N) is 3. The monoisotopic (exact) mass is 282 g/mol. The minimum absolute atomic E-state index is 0.0876. The van der Waals surface area contributed by atoms with Crippen LogP contribution in [0.4, 0.5) is 4.79 Å². The Balaban J connectivity index is 1.75. The third kappa shape index (κ3) is 3.62. The van der Waals surface area contributed by atoms with Gasteiger partial charge in [0, 0.05) is 25.2 Å². The molecule has 0 radical (unpaired) electrons. The maximum atomic E-state index is 12.2.